The van der Waals surface area contributed by atoms with Gasteiger partial charge in [-0.25, -0.2) is 4.98 Å². The molecule has 0 saturated carbocycles. The van der Waals surface area contributed by atoms with Gasteiger partial charge < -0.3 is 4.57 Å². The number of fused-ring (bicyclic) bond motifs is 9. The van der Waals surface area contributed by atoms with E-state index in [0.29, 0.717) is 0 Å². The van der Waals surface area contributed by atoms with Crippen LogP contribution in [0.25, 0.3) is 116 Å². The number of aromatic nitrogens is 3. The van der Waals surface area contributed by atoms with Gasteiger partial charge in [-0.3, -0.25) is 4.98 Å². The zero-order chi connectivity index (χ0) is 40.3. The summed E-state index contributed by atoms with van der Waals surface area (Å²) in [5.74, 6) is 0. The van der Waals surface area contributed by atoms with Crippen LogP contribution in [-0.4, -0.2) is 14.5 Å². The highest BCUT2D eigenvalue weighted by molar-refractivity contribution is 6.23. The van der Waals surface area contributed by atoms with Crippen LogP contribution in [0.2, 0.25) is 0 Å². The first-order valence-electron chi connectivity index (χ1n) is 20.8. The van der Waals surface area contributed by atoms with E-state index < -0.39 is 0 Å². The van der Waals surface area contributed by atoms with Gasteiger partial charge in [-0.05, 0) is 91.7 Å². The molecule has 0 amide bonds. The predicted molar refractivity (Wildman–Crippen MR) is 256 cm³/mol. The Morgan fingerprint density at radius 1 is 0.279 bits per heavy atom. The predicted octanol–water partition coefficient (Wildman–Crippen LogP) is 15.4. The fourth-order valence-corrected chi connectivity index (χ4v) is 9.19. The minimum absolute atomic E-state index is 0.868. The second-order valence-electron chi connectivity index (χ2n) is 15.8. The van der Waals surface area contributed by atoms with Crippen molar-refractivity contribution >= 4 is 54.4 Å². The Labute approximate surface area is 353 Å². The van der Waals surface area contributed by atoms with E-state index in [9.17, 15) is 0 Å². The summed E-state index contributed by atoms with van der Waals surface area (Å²) in [6.45, 7) is 0. The maximum Gasteiger partial charge on any atom is 0.0979 e. The van der Waals surface area contributed by atoms with Gasteiger partial charge in [0.1, 0.15) is 0 Å². The van der Waals surface area contributed by atoms with Gasteiger partial charge >= 0.3 is 0 Å². The molecule has 10 aromatic carbocycles. The van der Waals surface area contributed by atoms with Crippen LogP contribution >= 0.6 is 0 Å². The number of rotatable bonds is 6. The summed E-state index contributed by atoms with van der Waals surface area (Å²) in [5, 5.41) is 7.15. The third-order valence-electron chi connectivity index (χ3n) is 12.3. The van der Waals surface area contributed by atoms with Gasteiger partial charge in [-0.1, -0.05) is 182 Å². The fraction of sp³-hybridized carbons (Fsp3) is 0. The lowest BCUT2D eigenvalue weighted by molar-refractivity contribution is 1.18. The molecule has 0 saturated heterocycles. The molecular weight excluding hydrogens is 739 g/mol. The number of benzene rings is 10. The van der Waals surface area contributed by atoms with Crippen molar-refractivity contribution in [1.82, 2.24) is 14.5 Å². The molecule has 2 aromatic heterocycles. The molecule has 0 unspecified atom stereocenters. The molecule has 284 valence electrons. The van der Waals surface area contributed by atoms with Gasteiger partial charge in [-0.2, -0.15) is 0 Å². The molecule has 0 N–H and O–H groups in total. The Balaban J connectivity index is 0.825. The average Bonchev–Trinajstić information content (AvgIpc) is 3.68. The van der Waals surface area contributed by atoms with E-state index in [1.165, 1.54) is 71.5 Å². The fourth-order valence-electron chi connectivity index (χ4n) is 9.19. The van der Waals surface area contributed by atoms with Gasteiger partial charge in [0.15, 0.2) is 0 Å². The lowest BCUT2D eigenvalue weighted by Gasteiger charge is -2.11. The van der Waals surface area contributed by atoms with Crippen molar-refractivity contribution in [2.24, 2.45) is 0 Å². The minimum Gasteiger partial charge on any atom is -0.309 e. The molecule has 0 atom stereocenters. The molecule has 0 aliphatic heterocycles. The van der Waals surface area contributed by atoms with Crippen molar-refractivity contribution in [3.05, 3.63) is 225 Å². The standard InChI is InChI=1S/C58H37N3/c1-2-11-38(12-3-1)39-29-32-47(33-30-39)61-55-20-9-8-17-50(55)53-36-46(31-34-56(53)61)42-23-21-40(22-24-42)44-13-10-14-45(35-44)41-25-27-43(28-26-41)54-37-59-57-51-18-6-4-15-48(51)49-16-5-7-19-52(49)58(57)60-54/h1-37H. The molecule has 3 nitrogen and oxygen atoms in total. The van der Waals surface area contributed by atoms with E-state index in [4.69, 9.17) is 9.97 Å². The summed E-state index contributed by atoms with van der Waals surface area (Å²) in [4.78, 5) is 10.2. The number of hydrogen-bond donors (Lipinski definition) is 0. The highest BCUT2D eigenvalue weighted by Gasteiger charge is 2.15. The molecular formula is C58H37N3. The Kier molecular flexibility index (Phi) is 8.17. The van der Waals surface area contributed by atoms with Crippen molar-refractivity contribution in [2.45, 2.75) is 0 Å². The van der Waals surface area contributed by atoms with Crippen LogP contribution < -0.4 is 0 Å². The summed E-state index contributed by atoms with van der Waals surface area (Å²) >= 11 is 0. The molecule has 0 aliphatic rings. The molecule has 12 aromatic rings. The Hall–Kier alpha value is -8.14. The van der Waals surface area contributed by atoms with Gasteiger partial charge in [0, 0.05) is 32.8 Å². The van der Waals surface area contributed by atoms with Crippen LogP contribution in [0.4, 0.5) is 0 Å². The normalized spacial score (nSPS) is 11.6. The van der Waals surface area contributed by atoms with Crippen molar-refractivity contribution in [3.8, 4) is 61.5 Å². The third-order valence-corrected chi connectivity index (χ3v) is 12.3. The largest absolute Gasteiger partial charge is 0.309 e. The first-order chi connectivity index (χ1) is 30.2. The number of para-hydroxylation sites is 1. The summed E-state index contributed by atoms with van der Waals surface area (Å²) < 4.78 is 2.38. The van der Waals surface area contributed by atoms with Crippen molar-refractivity contribution in [3.63, 3.8) is 0 Å². The Morgan fingerprint density at radius 2 is 0.721 bits per heavy atom. The van der Waals surface area contributed by atoms with Crippen molar-refractivity contribution in [2.75, 3.05) is 0 Å². The van der Waals surface area contributed by atoms with E-state index >= 15 is 0 Å². The van der Waals surface area contributed by atoms with Crippen LogP contribution in [0, 0.1) is 0 Å². The van der Waals surface area contributed by atoms with E-state index in [1.54, 1.807) is 0 Å². The van der Waals surface area contributed by atoms with E-state index in [2.05, 4.69) is 223 Å². The molecule has 3 heteroatoms. The van der Waals surface area contributed by atoms with Crippen LogP contribution in [0.1, 0.15) is 0 Å². The van der Waals surface area contributed by atoms with Crippen LogP contribution in [0.5, 0.6) is 0 Å². The third kappa shape index (κ3) is 5.98. The number of hydrogen-bond acceptors (Lipinski definition) is 2. The van der Waals surface area contributed by atoms with Gasteiger partial charge in [0.05, 0.1) is 34.0 Å². The smallest absolute Gasteiger partial charge is 0.0979 e. The molecule has 0 fully saturated rings. The number of nitrogens with zero attached hydrogens (tertiary/aromatic N) is 3. The first kappa shape index (κ1) is 34.9. The van der Waals surface area contributed by atoms with E-state index in [-0.39, 0.29) is 0 Å². The maximum atomic E-state index is 5.20. The summed E-state index contributed by atoms with van der Waals surface area (Å²) in [7, 11) is 0. The first-order valence-corrected chi connectivity index (χ1v) is 20.8. The van der Waals surface area contributed by atoms with Crippen molar-refractivity contribution < 1.29 is 0 Å². The monoisotopic (exact) mass is 775 g/mol. The quantitative estimate of drug-likeness (QED) is 0.158. The van der Waals surface area contributed by atoms with Gasteiger partial charge in [-0.15, -0.1) is 0 Å². The Morgan fingerprint density at radius 3 is 1.38 bits per heavy atom. The highest BCUT2D eigenvalue weighted by Crippen LogP contribution is 2.38. The SMILES string of the molecule is c1ccc(-c2ccc(-n3c4ccccc4c4cc(-c5ccc(-c6cccc(-c7ccc(-c8cnc9c%10ccccc%10c%10ccccc%10c9n8)cc7)c6)cc5)ccc43)cc2)cc1. The van der Waals surface area contributed by atoms with E-state index in [1.807, 2.05) is 6.20 Å². The highest BCUT2D eigenvalue weighted by atomic mass is 15.0. The van der Waals surface area contributed by atoms with Gasteiger partial charge in [0.2, 0.25) is 0 Å². The molecule has 61 heavy (non-hydrogen) atoms. The molecule has 0 aliphatic carbocycles. The average molecular weight is 776 g/mol. The van der Waals surface area contributed by atoms with Gasteiger partial charge in [0.25, 0.3) is 0 Å². The molecule has 12 rings (SSSR count). The summed E-state index contributed by atoms with van der Waals surface area (Å²) in [6.07, 6.45) is 1.91. The topological polar surface area (TPSA) is 30.7 Å². The molecule has 0 bridgehead atoms. The van der Waals surface area contributed by atoms with Crippen LogP contribution in [0.3, 0.4) is 0 Å². The summed E-state index contributed by atoms with van der Waals surface area (Å²) in [5.41, 5.74) is 16.9. The molecule has 0 spiro atoms. The van der Waals surface area contributed by atoms with Crippen LogP contribution in [-0.2, 0) is 0 Å². The Bertz CT molecular complexity index is 3570. The molecule has 2 heterocycles. The van der Waals surface area contributed by atoms with E-state index in [0.717, 1.165) is 44.3 Å². The minimum atomic E-state index is 0.868. The molecule has 0 radical (unpaired) electrons. The van der Waals surface area contributed by atoms with Crippen molar-refractivity contribution in [1.29, 1.82) is 0 Å². The lowest BCUT2D eigenvalue weighted by atomic mass is 9.96. The lowest BCUT2D eigenvalue weighted by Crippen LogP contribution is -1.93. The second-order valence-corrected chi connectivity index (χ2v) is 15.8. The second kappa shape index (κ2) is 14.3. The summed E-state index contributed by atoms with van der Waals surface area (Å²) in [6, 6.07) is 78.5. The van der Waals surface area contributed by atoms with Crippen LogP contribution in [0.15, 0.2) is 225 Å². The maximum absolute atomic E-state index is 5.20. The zero-order valence-corrected chi connectivity index (χ0v) is 33.2. The zero-order valence-electron chi connectivity index (χ0n) is 33.2.